The molecule has 29 heavy (non-hydrogen) atoms. The molecule has 2 aromatic heterocycles. The number of thiazole rings is 1. The fourth-order valence-corrected chi connectivity index (χ4v) is 4.37. The van der Waals surface area contributed by atoms with Crippen LogP contribution in [0, 0.1) is 21.8 Å². The molecule has 1 N–H and O–H groups in total. The van der Waals surface area contributed by atoms with Crippen LogP contribution in [0.25, 0.3) is 4.96 Å². The van der Waals surface area contributed by atoms with Crippen LogP contribution in [-0.4, -0.2) is 39.8 Å². The molecule has 10 heteroatoms. The summed E-state index contributed by atoms with van der Waals surface area (Å²) in [5.74, 6) is -0.151. The summed E-state index contributed by atoms with van der Waals surface area (Å²) in [6.07, 6.45) is 3.26. The number of hydrogen-bond acceptors (Lipinski definition) is 6. The van der Waals surface area contributed by atoms with E-state index in [1.54, 1.807) is 29.8 Å². The second-order valence-electron chi connectivity index (χ2n) is 6.97. The number of rotatable bonds is 6. The summed E-state index contributed by atoms with van der Waals surface area (Å²) in [5, 5.41) is 16.1. The number of benzene rings is 1. The standard InChI is InChI=1S/C19H20FN5O3S/c20-15-4-2-1-3-13(15)5-8-21-17(26)14-6-9-23(10-7-14)16-18(25(27)28)24-11-12-29-19(24)22-16/h1-4,11-12,14H,5-10H2,(H,21,26). The highest BCUT2D eigenvalue weighted by molar-refractivity contribution is 7.15. The van der Waals surface area contributed by atoms with Crippen LogP contribution in [0.2, 0.25) is 0 Å². The predicted octanol–water partition coefficient (Wildman–Crippen LogP) is 3.02. The van der Waals surface area contributed by atoms with E-state index in [-0.39, 0.29) is 23.5 Å². The minimum Gasteiger partial charge on any atom is -0.358 e. The molecule has 0 spiro atoms. The fourth-order valence-electron chi connectivity index (χ4n) is 3.66. The lowest BCUT2D eigenvalue weighted by Crippen LogP contribution is -2.41. The minimum absolute atomic E-state index is 0.0333. The van der Waals surface area contributed by atoms with E-state index in [0.29, 0.717) is 55.2 Å². The van der Waals surface area contributed by atoms with Crippen molar-refractivity contribution < 1.29 is 14.1 Å². The topological polar surface area (TPSA) is 92.8 Å². The molecule has 0 unspecified atom stereocenters. The summed E-state index contributed by atoms with van der Waals surface area (Å²) >= 11 is 1.35. The smallest absolute Gasteiger partial charge is 0.358 e. The number of halogens is 1. The van der Waals surface area contributed by atoms with Gasteiger partial charge < -0.3 is 20.3 Å². The van der Waals surface area contributed by atoms with Crippen molar-refractivity contribution in [1.29, 1.82) is 0 Å². The highest BCUT2D eigenvalue weighted by Gasteiger charge is 2.32. The van der Waals surface area contributed by atoms with Crippen LogP contribution in [0.1, 0.15) is 18.4 Å². The Morgan fingerprint density at radius 1 is 1.34 bits per heavy atom. The summed E-state index contributed by atoms with van der Waals surface area (Å²) < 4.78 is 15.1. The lowest BCUT2D eigenvalue weighted by atomic mass is 9.96. The van der Waals surface area contributed by atoms with Gasteiger partial charge in [-0.3, -0.25) is 4.79 Å². The lowest BCUT2D eigenvalue weighted by Gasteiger charge is -2.31. The Morgan fingerprint density at radius 2 is 2.10 bits per heavy atom. The number of nitro groups is 1. The monoisotopic (exact) mass is 417 g/mol. The van der Waals surface area contributed by atoms with E-state index in [1.165, 1.54) is 21.8 Å². The first-order valence-corrected chi connectivity index (χ1v) is 10.3. The summed E-state index contributed by atoms with van der Waals surface area (Å²) in [6.45, 7) is 1.43. The van der Waals surface area contributed by atoms with E-state index in [1.807, 2.05) is 4.90 Å². The predicted molar refractivity (Wildman–Crippen MR) is 108 cm³/mol. The zero-order chi connectivity index (χ0) is 20.4. The zero-order valence-corrected chi connectivity index (χ0v) is 16.4. The van der Waals surface area contributed by atoms with Crippen LogP contribution < -0.4 is 10.2 Å². The largest absolute Gasteiger partial charge is 0.373 e. The van der Waals surface area contributed by atoms with Gasteiger partial charge in [-0.15, -0.1) is 0 Å². The molecule has 3 aromatic rings. The first-order chi connectivity index (χ1) is 14.0. The van der Waals surface area contributed by atoms with Crippen LogP contribution in [0.3, 0.4) is 0 Å². The van der Waals surface area contributed by atoms with Crippen LogP contribution in [0.5, 0.6) is 0 Å². The van der Waals surface area contributed by atoms with Crippen molar-refractivity contribution >= 4 is 33.8 Å². The number of amides is 1. The number of anilines is 1. The molecule has 1 aliphatic heterocycles. The van der Waals surface area contributed by atoms with E-state index in [4.69, 9.17) is 0 Å². The van der Waals surface area contributed by atoms with Crippen LogP contribution in [-0.2, 0) is 11.2 Å². The van der Waals surface area contributed by atoms with Gasteiger partial charge >= 0.3 is 5.82 Å². The van der Waals surface area contributed by atoms with Gasteiger partial charge in [-0.2, -0.15) is 9.38 Å². The lowest BCUT2D eigenvalue weighted by molar-refractivity contribution is -0.389. The second-order valence-corrected chi connectivity index (χ2v) is 7.84. The molecular weight excluding hydrogens is 397 g/mol. The summed E-state index contributed by atoms with van der Waals surface area (Å²) in [6, 6.07) is 6.53. The van der Waals surface area contributed by atoms with Gasteiger partial charge in [-0.25, -0.2) is 4.39 Å². The molecule has 0 saturated carbocycles. The van der Waals surface area contributed by atoms with Crippen LogP contribution >= 0.6 is 11.3 Å². The average molecular weight is 417 g/mol. The number of imidazole rings is 1. The van der Waals surface area contributed by atoms with Gasteiger partial charge in [0.1, 0.15) is 12.0 Å². The SMILES string of the molecule is O=C(NCCc1ccccc1F)C1CCN(c2nc3sccn3c2[N+](=O)[O-])CC1. The maximum absolute atomic E-state index is 13.6. The quantitative estimate of drug-likeness (QED) is 0.492. The van der Waals surface area contributed by atoms with Gasteiger partial charge in [0.15, 0.2) is 0 Å². The molecule has 1 saturated heterocycles. The molecule has 152 valence electrons. The fraction of sp³-hybridized carbons (Fsp3) is 0.368. The van der Waals surface area contributed by atoms with Gasteiger partial charge in [0, 0.05) is 30.9 Å². The number of nitrogens with one attached hydrogen (secondary N) is 1. The third-order valence-corrected chi connectivity index (χ3v) is 5.97. The van der Waals surface area contributed by atoms with E-state index in [9.17, 15) is 19.3 Å². The third kappa shape index (κ3) is 3.93. The Bertz CT molecular complexity index is 1040. The number of fused-ring (bicyclic) bond motifs is 1. The van der Waals surface area contributed by atoms with E-state index >= 15 is 0 Å². The Balaban J connectivity index is 1.33. The molecule has 0 atom stereocenters. The zero-order valence-electron chi connectivity index (χ0n) is 15.6. The number of piperidine rings is 1. The van der Waals surface area contributed by atoms with E-state index < -0.39 is 4.92 Å². The molecule has 1 aromatic carbocycles. The highest BCUT2D eigenvalue weighted by atomic mass is 32.1. The number of hydrogen-bond donors (Lipinski definition) is 1. The number of carbonyl (C=O) groups excluding carboxylic acids is 1. The van der Waals surface area contributed by atoms with Crippen molar-refractivity contribution in [2.75, 3.05) is 24.5 Å². The molecule has 0 radical (unpaired) electrons. The maximum Gasteiger partial charge on any atom is 0.373 e. The molecule has 3 heterocycles. The van der Waals surface area contributed by atoms with Gasteiger partial charge in [-0.05, 0) is 35.8 Å². The van der Waals surface area contributed by atoms with Crippen molar-refractivity contribution in [2.45, 2.75) is 19.3 Å². The number of aromatic nitrogens is 2. The maximum atomic E-state index is 13.6. The summed E-state index contributed by atoms with van der Waals surface area (Å²) in [7, 11) is 0. The molecule has 0 bridgehead atoms. The average Bonchev–Trinajstić information content (AvgIpc) is 3.30. The molecule has 4 rings (SSSR count). The minimum atomic E-state index is -0.413. The summed E-state index contributed by atoms with van der Waals surface area (Å²) in [4.78, 5) is 30.4. The summed E-state index contributed by atoms with van der Waals surface area (Å²) in [5.41, 5.74) is 0.578. The number of carbonyl (C=O) groups is 1. The first-order valence-electron chi connectivity index (χ1n) is 9.40. The molecule has 1 fully saturated rings. The van der Waals surface area contributed by atoms with Crippen LogP contribution in [0.4, 0.5) is 16.0 Å². The van der Waals surface area contributed by atoms with Gasteiger partial charge in [0.25, 0.3) is 4.96 Å². The molecule has 1 amide bonds. The number of nitrogens with zero attached hydrogens (tertiary/aromatic N) is 4. The second kappa shape index (κ2) is 8.16. The Morgan fingerprint density at radius 3 is 2.83 bits per heavy atom. The van der Waals surface area contributed by atoms with Gasteiger partial charge in [-0.1, -0.05) is 29.5 Å². The first kappa shape index (κ1) is 19.3. The van der Waals surface area contributed by atoms with Crippen molar-refractivity contribution in [3.05, 3.63) is 57.3 Å². The third-order valence-electron chi connectivity index (χ3n) is 5.21. The normalized spacial score (nSPS) is 15.0. The van der Waals surface area contributed by atoms with Crippen molar-refractivity contribution in [3.8, 4) is 0 Å². The van der Waals surface area contributed by atoms with Gasteiger partial charge in [0.2, 0.25) is 11.7 Å². The molecular formula is C19H20FN5O3S. The van der Waals surface area contributed by atoms with E-state index in [2.05, 4.69) is 10.3 Å². The molecule has 8 nitrogen and oxygen atoms in total. The highest BCUT2D eigenvalue weighted by Crippen LogP contribution is 2.33. The molecule has 0 aliphatic carbocycles. The van der Waals surface area contributed by atoms with Crippen molar-refractivity contribution in [3.63, 3.8) is 0 Å². The Kier molecular flexibility index (Phi) is 5.43. The van der Waals surface area contributed by atoms with Crippen molar-refractivity contribution in [1.82, 2.24) is 14.7 Å². The van der Waals surface area contributed by atoms with E-state index in [0.717, 1.165) is 0 Å². The van der Waals surface area contributed by atoms with Crippen molar-refractivity contribution in [2.24, 2.45) is 5.92 Å². The Hall–Kier alpha value is -3.01. The molecule has 1 aliphatic rings. The van der Waals surface area contributed by atoms with Gasteiger partial charge in [0.05, 0.1) is 0 Å². The Labute approximate surface area is 170 Å². The van der Waals surface area contributed by atoms with Crippen LogP contribution in [0.15, 0.2) is 35.8 Å².